The maximum Gasteiger partial charge on any atom is 0.251 e. The van der Waals surface area contributed by atoms with Crippen molar-refractivity contribution in [3.63, 3.8) is 0 Å². The second-order valence-electron chi connectivity index (χ2n) is 6.71. The molecule has 6 heteroatoms. The number of aryl methyl sites for hydroxylation is 1. The van der Waals surface area contributed by atoms with Gasteiger partial charge in [-0.2, -0.15) is 0 Å². The smallest absolute Gasteiger partial charge is 0.251 e. The fourth-order valence-corrected chi connectivity index (χ4v) is 3.12. The van der Waals surface area contributed by atoms with Crippen molar-refractivity contribution >= 4 is 16.9 Å². The lowest BCUT2D eigenvalue weighted by Gasteiger charge is -2.09. The summed E-state index contributed by atoms with van der Waals surface area (Å²) >= 11 is 0. The maximum atomic E-state index is 12.5. The lowest BCUT2D eigenvalue weighted by atomic mass is 10.1. The van der Waals surface area contributed by atoms with Crippen LogP contribution in [0.15, 0.2) is 72.8 Å². The van der Waals surface area contributed by atoms with E-state index in [4.69, 9.17) is 4.74 Å². The van der Waals surface area contributed by atoms with Crippen LogP contribution in [-0.4, -0.2) is 20.9 Å². The Balaban J connectivity index is 1.37. The van der Waals surface area contributed by atoms with Crippen LogP contribution < -0.4 is 10.1 Å². The number of hydrogen-bond donors (Lipinski definition) is 1. The van der Waals surface area contributed by atoms with Crippen LogP contribution >= 0.6 is 0 Å². The second kappa shape index (κ2) is 8.56. The monoisotopic (exact) mass is 386 g/mol. The number of rotatable bonds is 7. The molecule has 0 radical (unpaired) electrons. The van der Waals surface area contributed by atoms with E-state index in [2.05, 4.69) is 15.6 Å². The Morgan fingerprint density at radius 1 is 1.00 bits per heavy atom. The van der Waals surface area contributed by atoms with Gasteiger partial charge in [0.15, 0.2) is 0 Å². The van der Waals surface area contributed by atoms with Gasteiger partial charge >= 0.3 is 0 Å². The van der Waals surface area contributed by atoms with Crippen LogP contribution in [0, 0.1) is 0 Å². The number of benzene rings is 3. The molecular formula is C23H22N4O2. The van der Waals surface area contributed by atoms with Gasteiger partial charge in [-0.25, -0.2) is 4.68 Å². The van der Waals surface area contributed by atoms with Gasteiger partial charge in [0.05, 0.1) is 5.52 Å². The van der Waals surface area contributed by atoms with Crippen LogP contribution in [0.1, 0.15) is 28.4 Å². The zero-order valence-corrected chi connectivity index (χ0v) is 16.2. The lowest BCUT2D eigenvalue weighted by molar-refractivity contribution is 0.0951. The summed E-state index contributed by atoms with van der Waals surface area (Å²) in [7, 11) is 0. The molecule has 0 unspecified atom stereocenters. The topological polar surface area (TPSA) is 69.0 Å². The van der Waals surface area contributed by atoms with Gasteiger partial charge in [0.1, 0.15) is 17.9 Å². The summed E-state index contributed by atoms with van der Waals surface area (Å²) in [5.41, 5.74) is 4.30. The highest BCUT2D eigenvalue weighted by Gasteiger charge is 2.10. The first-order chi connectivity index (χ1) is 14.2. The summed E-state index contributed by atoms with van der Waals surface area (Å²) in [5, 5.41) is 11.2. The number of hydrogen-bond acceptors (Lipinski definition) is 4. The molecule has 29 heavy (non-hydrogen) atoms. The third-order valence-electron chi connectivity index (χ3n) is 4.68. The number of amides is 1. The summed E-state index contributed by atoms with van der Waals surface area (Å²) in [6.07, 6.45) is 0. The predicted octanol–water partition coefficient (Wildman–Crippen LogP) is 3.96. The number of nitrogens with one attached hydrogen (secondary N) is 1. The molecule has 0 saturated heterocycles. The Bertz CT molecular complexity index is 1120. The molecule has 0 saturated carbocycles. The molecule has 4 rings (SSSR count). The molecule has 3 aromatic carbocycles. The first kappa shape index (κ1) is 18.7. The number of fused-ring (bicyclic) bond motifs is 1. The van der Waals surface area contributed by atoms with E-state index >= 15 is 0 Å². The van der Waals surface area contributed by atoms with Crippen molar-refractivity contribution in [1.82, 2.24) is 20.3 Å². The molecule has 0 bridgehead atoms. The van der Waals surface area contributed by atoms with E-state index in [1.54, 1.807) is 16.8 Å². The Kier molecular flexibility index (Phi) is 5.52. The van der Waals surface area contributed by atoms with Crippen LogP contribution in [0.2, 0.25) is 0 Å². The van der Waals surface area contributed by atoms with Crippen LogP contribution in [0.4, 0.5) is 0 Å². The Morgan fingerprint density at radius 3 is 2.66 bits per heavy atom. The average molecular weight is 386 g/mol. The van der Waals surface area contributed by atoms with Gasteiger partial charge in [-0.3, -0.25) is 4.79 Å². The van der Waals surface area contributed by atoms with Crippen molar-refractivity contribution in [2.45, 2.75) is 26.6 Å². The molecule has 146 valence electrons. The number of nitrogens with zero attached hydrogens (tertiary/aromatic N) is 3. The third kappa shape index (κ3) is 4.43. The van der Waals surface area contributed by atoms with Crippen LogP contribution in [0.3, 0.4) is 0 Å². The number of carbonyl (C=O) groups is 1. The first-order valence-electron chi connectivity index (χ1n) is 9.60. The van der Waals surface area contributed by atoms with E-state index in [0.29, 0.717) is 18.7 Å². The highest BCUT2D eigenvalue weighted by Crippen LogP contribution is 2.16. The molecule has 4 aromatic rings. The van der Waals surface area contributed by atoms with Crippen molar-refractivity contribution in [3.05, 3.63) is 89.5 Å². The Morgan fingerprint density at radius 2 is 1.83 bits per heavy atom. The van der Waals surface area contributed by atoms with Gasteiger partial charge in [-0.15, -0.1) is 5.10 Å². The van der Waals surface area contributed by atoms with E-state index in [-0.39, 0.29) is 5.91 Å². The molecule has 1 amide bonds. The van der Waals surface area contributed by atoms with Gasteiger partial charge < -0.3 is 10.1 Å². The van der Waals surface area contributed by atoms with Crippen LogP contribution in [0.25, 0.3) is 11.0 Å². The highest BCUT2D eigenvalue weighted by atomic mass is 16.5. The lowest BCUT2D eigenvalue weighted by Crippen LogP contribution is -2.22. The van der Waals surface area contributed by atoms with E-state index in [1.165, 1.54) is 0 Å². The van der Waals surface area contributed by atoms with Crippen LogP contribution in [0.5, 0.6) is 5.75 Å². The zero-order valence-electron chi connectivity index (χ0n) is 16.2. The summed E-state index contributed by atoms with van der Waals surface area (Å²) in [6, 6.07) is 23.2. The van der Waals surface area contributed by atoms with E-state index in [0.717, 1.165) is 34.5 Å². The zero-order chi connectivity index (χ0) is 20.1. The number of aromatic nitrogens is 3. The van der Waals surface area contributed by atoms with Crippen molar-refractivity contribution in [1.29, 1.82) is 0 Å². The molecule has 0 fully saturated rings. The SMILES string of the molecule is CCn1nnc2cc(C(=O)NCc3cccc(OCc4ccccc4)c3)ccc21. The average Bonchev–Trinajstić information content (AvgIpc) is 3.19. The predicted molar refractivity (Wildman–Crippen MR) is 112 cm³/mol. The maximum absolute atomic E-state index is 12.5. The molecule has 0 aliphatic rings. The third-order valence-corrected chi connectivity index (χ3v) is 4.68. The van der Waals surface area contributed by atoms with Crippen molar-refractivity contribution in [2.24, 2.45) is 0 Å². The molecule has 6 nitrogen and oxygen atoms in total. The van der Waals surface area contributed by atoms with Gasteiger partial charge in [0.25, 0.3) is 5.91 Å². The second-order valence-corrected chi connectivity index (χ2v) is 6.71. The highest BCUT2D eigenvalue weighted by molar-refractivity contribution is 5.97. The quantitative estimate of drug-likeness (QED) is 0.522. The van der Waals surface area contributed by atoms with E-state index < -0.39 is 0 Å². The Labute approximate surface area is 169 Å². The largest absolute Gasteiger partial charge is 0.489 e. The molecule has 0 spiro atoms. The number of ether oxygens (including phenoxy) is 1. The minimum atomic E-state index is -0.145. The van der Waals surface area contributed by atoms with Crippen molar-refractivity contribution < 1.29 is 9.53 Å². The van der Waals surface area contributed by atoms with Crippen molar-refractivity contribution in [3.8, 4) is 5.75 Å². The fourth-order valence-electron chi connectivity index (χ4n) is 3.12. The van der Waals surface area contributed by atoms with Gasteiger partial charge in [-0.05, 0) is 48.4 Å². The van der Waals surface area contributed by atoms with Gasteiger partial charge in [-0.1, -0.05) is 47.7 Å². The molecule has 1 aromatic heterocycles. The van der Waals surface area contributed by atoms with Crippen molar-refractivity contribution in [2.75, 3.05) is 0 Å². The summed E-state index contributed by atoms with van der Waals surface area (Å²) in [5.74, 6) is 0.631. The Hall–Kier alpha value is -3.67. The van der Waals surface area contributed by atoms with Crippen LogP contribution in [-0.2, 0) is 19.7 Å². The summed E-state index contributed by atoms with van der Waals surface area (Å²) < 4.78 is 7.66. The normalized spacial score (nSPS) is 10.8. The minimum Gasteiger partial charge on any atom is -0.489 e. The first-order valence-corrected chi connectivity index (χ1v) is 9.60. The molecule has 0 aliphatic carbocycles. The fraction of sp³-hybridized carbons (Fsp3) is 0.174. The van der Waals surface area contributed by atoms with Gasteiger partial charge in [0, 0.05) is 18.7 Å². The minimum absolute atomic E-state index is 0.145. The van der Waals surface area contributed by atoms with E-state index in [9.17, 15) is 4.79 Å². The summed E-state index contributed by atoms with van der Waals surface area (Å²) in [4.78, 5) is 12.5. The molecule has 0 aliphatic heterocycles. The molecular weight excluding hydrogens is 364 g/mol. The summed E-state index contributed by atoms with van der Waals surface area (Å²) in [6.45, 7) is 3.67. The van der Waals surface area contributed by atoms with Gasteiger partial charge in [0.2, 0.25) is 0 Å². The molecule has 0 atom stereocenters. The number of carbonyl (C=O) groups excluding carboxylic acids is 1. The standard InChI is InChI=1S/C23H22N4O2/c1-2-27-22-12-11-19(14-21(22)25-26-27)23(28)24-15-18-9-6-10-20(13-18)29-16-17-7-4-3-5-8-17/h3-14H,2,15-16H2,1H3,(H,24,28). The molecule has 1 N–H and O–H groups in total. The molecule has 1 heterocycles. The van der Waals surface area contributed by atoms with E-state index in [1.807, 2.05) is 67.6 Å².